The molecular weight excluding hydrogens is 498 g/mol. The van der Waals surface area contributed by atoms with Gasteiger partial charge in [-0.05, 0) is 61.9 Å². The summed E-state index contributed by atoms with van der Waals surface area (Å²) in [5, 5.41) is 3.41. The number of halogens is 1. The number of hydrogen-bond donors (Lipinski definition) is 1. The lowest BCUT2D eigenvalue weighted by atomic mass is 10.1. The van der Waals surface area contributed by atoms with Crippen molar-refractivity contribution in [3.63, 3.8) is 0 Å². The van der Waals surface area contributed by atoms with Crippen LogP contribution in [0.4, 0.5) is 5.69 Å². The number of hydrogen-bond acceptors (Lipinski definition) is 4. The predicted molar refractivity (Wildman–Crippen MR) is 147 cm³/mol. The second-order valence-electron chi connectivity index (χ2n) is 9.59. The molecule has 0 unspecified atom stereocenters. The van der Waals surface area contributed by atoms with Gasteiger partial charge in [0.1, 0.15) is 6.04 Å². The molecule has 0 aromatic heterocycles. The van der Waals surface area contributed by atoms with E-state index in [1.165, 1.54) is 15.5 Å². The van der Waals surface area contributed by atoms with Crippen molar-refractivity contribution in [2.75, 3.05) is 23.7 Å². The van der Waals surface area contributed by atoms with Gasteiger partial charge < -0.3 is 10.2 Å². The molecule has 2 aromatic carbocycles. The summed E-state index contributed by atoms with van der Waals surface area (Å²) in [4.78, 5) is 27.7. The third kappa shape index (κ3) is 8.23. The lowest BCUT2D eigenvalue weighted by molar-refractivity contribution is -0.140. The maximum absolute atomic E-state index is 13.4. The molecule has 0 spiro atoms. The molecule has 9 heteroatoms. The Morgan fingerprint density at radius 2 is 1.69 bits per heavy atom. The maximum Gasteiger partial charge on any atom is 0.242 e. The molecule has 1 N–H and O–H groups in total. The fraction of sp³-hybridized carbons (Fsp3) is 0.481. The first kappa shape index (κ1) is 29.6. The SMILES string of the molecule is Cc1cccc(N(CCCC(=O)N(Cc2ccccc2Cl)[C@@H](C)C(=O)NCC(C)C)S(C)(=O)=O)c1C. The molecule has 7 nitrogen and oxygen atoms in total. The molecular formula is C27H38ClN3O4S. The summed E-state index contributed by atoms with van der Waals surface area (Å²) in [6.07, 6.45) is 1.56. The van der Waals surface area contributed by atoms with Crippen LogP contribution in [0.2, 0.25) is 5.02 Å². The molecule has 0 aliphatic carbocycles. The highest BCUT2D eigenvalue weighted by Gasteiger charge is 2.27. The second-order valence-corrected chi connectivity index (χ2v) is 11.9. The Labute approximate surface area is 220 Å². The zero-order chi connectivity index (χ0) is 27.0. The van der Waals surface area contributed by atoms with Gasteiger partial charge in [-0.1, -0.05) is 55.8 Å². The Morgan fingerprint density at radius 3 is 2.31 bits per heavy atom. The normalized spacial score (nSPS) is 12.3. The van der Waals surface area contributed by atoms with Gasteiger partial charge in [0.05, 0.1) is 11.9 Å². The first-order valence-corrected chi connectivity index (χ1v) is 14.4. The molecule has 0 bridgehead atoms. The van der Waals surface area contributed by atoms with Crippen molar-refractivity contribution in [2.45, 2.75) is 60.0 Å². The van der Waals surface area contributed by atoms with Crippen LogP contribution in [0.1, 0.15) is 50.3 Å². The average molecular weight is 536 g/mol. The number of nitrogens with one attached hydrogen (secondary N) is 1. The van der Waals surface area contributed by atoms with Gasteiger partial charge in [-0.25, -0.2) is 8.42 Å². The topological polar surface area (TPSA) is 86.8 Å². The summed E-state index contributed by atoms with van der Waals surface area (Å²) >= 11 is 6.34. The van der Waals surface area contributed by atoms with Crippen LogP contribution in [0.25, 0.3) is 0 Å². The number of nitrogens with zero attached hydrogens (tertiary/aromatic N) is 2. The maximum atomic E-state index is 13.4. The van der Waals surface area contributed by atoms with Crippen molar-refractivity contribution in [1.82, 2.24) is 10.2 Å². The third-order valence-corrected chi connectivity index (χ3v) is 7.70. The largest absolute Gasteiger partial charge is 0.354 e. The number of sulfonamides is 1. The van der Waals surface area contributed by atoms with E-state index in [0.29, 0.717) is 23.7 Å². The molecule has 0 aliphatic heterocycles. The van der Waals surface area contributed by atoms with Gasteiger partial charge >= 0.3 is 0 Å². The molecule has 0 aliphatic rings. The monoisotopic (exact) mass is 535 g/mol. The van der Waals surface area contributed by atoms with Crippen LogP contribution in [0.3, 0.4) is 0 Å². The van der Waals surface area contributed by atoms with Crippen LogP contribution in [0.15, 0.2) is 42.5 Å². The van der Waals surface area contributed by atoms with Gasteiger partial charge in [0.2, 0.25) is 21.8 Å². The van der Waals surface area contributed by atoms with E-state index in [1.54, 1.807) is 19.1 Å². The smallest absolute Gasteiger partial charge is 0.242 e. The molecule has 0 fully saturated rings. The summed E-state index contributed by atoms with van der Waals surface area (Å²) in [6.45, 7) is 10.4. The fourth-order valence-corrected chi connectivity index (χ4v) is 5.04. The van der Waals surface area contributed by atoms with Crippen LogP contribution in [-0.2, 0) is 26.2 Å². The average Bonchev–Trinajstić information content (AvgIpc) is 2.80. The number of aryl methyl sites for hydroxylation is 1. The number of anilines is 1. The minimum Gasteiger partial charge on any atom is -0.354 e. The van der Waals surface area contributed by atoms with Crippen LogP contribution >= 0.6 is 11.6 Å². The van der Waals surface area contributed by atoms with E-state index >= 15 is 0 Å². The van der Waals surface area contributed by atoms with Gasteiger partial charge in [0.15, 0.2) is 0 Å². The Kier molecular flexibility index (Phi) is 10.8. The summed E-state index contributed by atoms with van der Waals surface area (Å²) in [6, 6.07) is 12.0. The van der Waals surface area contributed by atoms with E-state index in [-0.39, 0.29) is 37.2 Å². The predicted octanol–water partition coefficient (Wildman–Crippen LogP) is 4.69. The second kappa shape index (κ2) is 13.1. The van der Waals surface area contributed by atoms with Crippen molar-refractivity contribution in [2.24, 2.45) is 5.92 Å². The van der Waals surface area contributed by atoms with Crippen molar-refractivity contribution in [3.8, 4) is 0 Å². The zero-order valence-corrected chi connectivity index (χ0v) is 23.6. The molecule has 36 heavy (non-hydrogen) atoms. The van der Waals surface area contributed by atoms with Crippen molar-refractivity contribution in [3.05, 3.63) is 64.2 Å². The summed E-state index contributed by atoms with van der Waals surface area (Å²) in [5.41, 5.74) is 3.22. The van der Waals surface area contributed by atoms with Crippen molar-refractivity contribution >= 4 is 39.1 Å². The van der Waals surface area contributed by atoms with Crippen LogP contribution in [-0.4, -0.2) is 50.5 Å². The highest BCUT2D eigenvalue weighted by molar-refractivity contribution is 7.92. The summed E-state index contributed by atoms with van der Waals surface area (Å²) in [7, 11) is -3.55. The van der Waals surface area contributed by atoms with Gasteiger partial charge in [-0.2, -0.15) is 0 Å². The van der Waals surface area contributed by atoms with E-state index in [4.69, 9.17) is 11.6 Å². The van der Waals surface area contributed by atoms with Crippen LogP contribution < -0.4 is 9.62 Å². The van der Waals surface area contributed by atoms with Gasteiger partial charge in [-0.15, -0.1) is 0 Å². The van der Waals surface area contributed by atoms with E-state index in [9.17, 15) is 18.0 Å². The van der Waals surface area contributed by atoms with Crippen LogP contribution in [0.5, 0.6) is 0 Å². The Morgan fingerprint density at radius 1 is 1.03 bits per heavy atom. The quantitative estimate of drug-likeness (QED) is 0.427. The minimum absolute atomic E-state index is 0.0864. The number of amides is 2. The number of carbonyl (C=O) groups excluding carboxylic acids is 2. The first-order chi connectivity index (χ1) is 16.8. The van der Waals surface area contributed by atoms with Crippen molar-refractivity contribution < 1.29 is 18.0 Å². The lowest BCUT2D eigenvalue weighted by Gasteiger charge is -2.30. The fourth-order valence-electron chi connectivity index (χ4n) is 3.83. The zero-order valence-electron chi connectivity index (χ0n) is 22.0. The molecule has 2 rings (SSSR count). The van der Waals surface area contributed by atoms with Crippen molar-refractivity contribution in [1.29, 1.82) is 0 Å². The molecule has 2 amide bonds. The molecule has 0 heterocycles. The van der Waals surface area contributed by atoms with Crippen LogP contribution in [0, 0.1) is 19.8 Å². The Bertz CT molecular complexity index is 1170. The summed E-state index contributed by atoms with van der Waals surface area (Å²) in [5.74, 6) is -0.199. The molecule has 198 valence electrons. The number of rotatable bonds is 12. The third-order valence-electron chi connectivity index (χ3n) is 6.15. The Hall–Kier alpha value is -2.58. The molecule has 2 aromatic rings. The molecule has 0 radical (unpaired) electrons. The Balaban J connectivity index is 2.21. The van der Waals surface area contributed by atoms with E-state index in [0.717, 1.165) is 16.7 Å². The van der Waals surface area contributed by atoms with E-state index in [1.807, 2.05) is 58.0 Å². The lowest BCUT2D eigenvalue weighted by Crippen LogP contribution is -2.48. The molecule has 0 saturated heterocycles. The molecule has 0 saturated carbocycles. The first-order valence-electron chi connectivity index (χ1n) is 12.2. The van der Waals surface area contributed by atoms with E-state index < -0.39 is 16.1 Å². The molecule has 1 atom stereocenters. The summed E-state index contributed by atoms with van der Waals surface area (Å²) < 4.78 is 26.5. The van der Waals surface area contributed by atoms with Gasteiger partial charge in [0.25, 0.3) is 0 Å². The van der Waals surface area contributed by atoms with Gasteiger partial charge in [-0.3, -0.25) is 13.9 Å². The number of carbonyl (C=O) groups is 2. The standard InChI is InChI=1S/C27H38ClN3O4S/c1-19(2)17-29-27(33)22(5)30(18-23-12-7-8-13-24(23)28)26(32)15-10-16-31(36(6,34)35)25-14-9-11-20(3)21(25)4/h7-9,11-14,19,22H,10,15-18H2,1-6H3,(H,29,33)/t22-/m0/s1. The van der Waals surface area contributed by atoms with E-state index in [2.05, 4.69) is 5.32 Å². The minimum atomic E-state index is -3.55. The highest BCUT2D eigenvalue weighted by atomic mass is 35.5. The van der Waals surface area contributed by atoms with Gasteiger partial charge in [0, 0.05) is 31.1 Å². The highest BCUT2D eigenvalue weighted by Crippen LogP contribution is 2.26. The number of benzene rings is 2.